The fourth-order valence-corrected chi connectivity index (χ4v) is 3.70. The number of ether oxygens (including phenoxy) is 1. The number of nitro benzene ring substituents is 1. The van der Waals surface area contributed by atoms with Gasteiger partial charge in [0.1, 0.15) is 0 Å². The Labute approximate surface area is 151 Å². The molecular formula is C18H23N3O5. The Morgan fingerprint density at radius 1 is 1.15 bits per heavy atom. The molecule has 0 spiro atoms. The van der Waals surface area contributed by atoms with Crippen molar-refractivity contribution in [2.45, 2.75) is 25.7 Å². The minimum absolute atomic E-state index is 0.0826. The van der Waals surface area contributed by atoms with Crippen LogP contribution >= 0.6 is 0 Å². The molecule has 1 aromatic carbocycles. The first-order valence-electron chi connectivity index (χ1n) is 8.91. The molecule has 0 atom stereocenters. The number of methoxy groups -OCH3 is 1. The molecule has 8 nitrogen and oxygen atoms in total. The molecule has 2 fully saturated rings. The second-order valence-electron chi connectivity index (χ2n) is 6.74. The molecule has 1 aromatic rings. The van der Waals surface area contributed by atoms with Gasteiger partial charge in [-0.2, -0.15) is 0 Å². The number of amides is 1. The standard InChI is InChI=1S/C18H23N3O5/c1-26-18(23)13-6-10-20(11-7-13)17(22)15-12-14(21(24)25)4-5-16(15)19-8-2-3-9-19/h4-5,12-13H,2-3,6-11H2,1H3. The summed E-state index contributed by atoms with van der Waals surface area (Å²) in [6.07, 6.45) is 3.20. The number of likely N-dealkylation sites (tertiary alicyclic amines) is 1. The number of nitro groups is 1. The lowest BCUT2D eigenvalue weighted by Crippen LogP contribution is -2.41. The minimum Gasteiger partial charge on any atom is -0.469 e. The Bertz CT molecular complexity index is 707. The Kier molecular flexibility index (Phi) is 5.39. The number of hydrogen-bond acceptors (Lipinski definition) is 6. The van der Waals surface area contributed by atoms with Gasteiger partial charge in [-0.3, -0.25) is 19.7 Å². The number of carbonyl (C=O) groups excluding carboxylic acids is 2. The molecule has 0 aromatic heterocycles. The van der Waals surface area contributed by atoms with Crippen molar-refractivity contribution in [1.82, 2.24) is 4.90 Å². The zero-order valence-corrected chi connectivity index (χ0v) is 14.8. The summed E-state index contributed by atoms with van der Waals surface area (Å²) < 4.78 is 4.77. The first kappa shape index (κ1) is 18.2. The van der Waals surface area contributed by atoms with E-state index >= 15 is 0 Å². The summed E-state index contributed by atoms with van der Waals surface area (Å²) in [7, 11) is 1.37. The largest absolute Gasteiger partial charge is 0.469 e. The van der Waals surface area contributed by atoms with Crippen LogP contribution in [0, 0.1) is 16.0 Å². The van der Waals surface area contributed by atoms with Crippen LogP contribution in [-0.2, 0) is 9.53 Å². The molecule has 0 bridgehead atoms. The van der Waals surface area contributed by atoms with Crippen LogP contribution in [0.1, 0.15) is 36.0 Å². The number of rotatable bonds is 4. The Balaban J connectivity index is 1.82. The van der Waals surface area contributed by atoms with Crippen molar-refractivity contribution in [3.63, 3.8) is 0 Å². The molecule has 3 rings (SSSR count). The van der Waals surface area contributed by atoms with E-state index in [9.17, 15) is 19.7 Å². The van der Waals surface area contributed by atoms with Crippen LogP contribution in [0.15, 0.2) is 18.2 Å². The molecule has 2 aliphatic heterocycles. The maximum Gasteiger partial charge on any atom is 0.308 e. The van der Waals surface area contributed by atoms with Gasteiger partial charge in [0.15, 0.2) is 0 Å². The van der Waals surface area contributed by atoms with E-state index in [2.05, 4.69) is 4.90 Å². The summed E-state index contributed by atoms with van der Waals surface area (Å²) in [5.74, 6) is -0.642. The highest BCUT2D eigenvalue weighted by molar-refractivity contribution is 6.00. The fourth-order valence-electron chi connectivity index (χ4n) is 3.70. The number of non-ortho nitro benzene ring substituents is 1. The van der Waals surface area contributed by atoms with E-state index in [0.717, 1.165) is 31.6 Å². The molecule has 0 N–H and O–H groups in total. The molecule has 2 aliphatic rings. The summed E-state index contributed by atoms with van der Waals surface area (Å²) in [5.41, 5.74) is 1.05. The zero-order valence-electron chi connectivity index (χ0n) is 14.8. The third kappa shape index (κ3) is 3.63. The van der Waals surface area contributed by atoms with Gasteiger partial charge in [0.25, 0.3) is 11.6 Å². The Hall–Kier alpha value is -2.64. The average molecular weight is 361 g/mol. The van der Waals surface area contributed by atoms with E-state index in [1.807, 2.05) is 0 Å². The molecule has 26 heavy (non-hydrogen) atoms. The van der Waals surface area contributed by atoms with Crippen molar-refractivity contribution in [3.8, 4) is 0 Å². The van der Waals surface area contributed by atoms with Crippen LogP contribution < -0.4 is 4.90 Å². The van der Waals surface area contributed by atoms with E-state index < -0.39 is 4.92 Å². The van der Waals surface area contributed by atoms with E-state index in [4.69, 9.17) is 4.74 Å². The SMILES string of the molecule is COC(=O)C1CCN(C(=O)c2cc([N+](=O)[O-])ccc2N2CCCC2)CC1. The molecule has 0 saturated carbocycles. The molecule has 2 saturated heterocycles. The second-order valence-corrected chi connectivity index (χ2v) is 6.74. The lowest BCUT2D eigenvalue weighted by atomic mass is 9.96. The van der Waals surface area contributed by atoms with Gasteiger partial charge >= 0.3 is 5.97 Å². The van der Waals surface area contributed by atoms with Gasteiger partial charge in [-0.05, 0) is 31.7 Å². The van der Waals surface area contributed by atoms with Crippen LogP contribution in [0.3, 0.4) is 0 Å². The van der Waals surface area contributed by atoms with Crippen LogP contribution in [0.5, 0.6) is 0 Å². The number of carbonyl (C=O) groups is 2. The molecule has 0 aliphatic carbocycles. The average Bonchev–Trinajstić information content (AvgIpc) is 3.21. The summed E-state index contributed by atoms with van der Waals surface area (Å²) in [5, 5.41) is 11.2. The van der Waals surface area contributed by atoms with Gasteiger partial charge in [0.05, 0.1) is 29.2 Å². The number of esters is 1. The van der Waals surface area contributed by atoms with Gasteiger partial charge in [-0.15, -0.1) is 0 Å². The van der Waals surface area contributed by atoms with Crippen molar-refractivity contribution < 1.29 is 19.2 Å². The molecule has 140 valence electrons. The van der Waals surface area contributed by atoms with Crippen molar-refractivity contribution in [2.75, 3.05) is 38.2 Å². The van der Waals surface area contributed by atoms with Crippen molar-refractivity contribution in [2.24, 2.45) is 5.92 Å². The third-order valence-corrected chi connectivity index (χ3v) is 5.18. The number of benzene rings is 1. The van der Waals surface area contributed by atoms with Crippen molar-refractivity contribution in [3.05, 3.63) is 33.9 Å². The summed E-state index contributed by atoms with van der Waals surface area (Å²) in [6, 6.07) is 4.51. The predicted octanol–water partition coefficient (Wildman–Crippen LogP) is 2.22. The summed E-state index contributed by atoms with van der Waals surface area (Å²) >= 11 is 0. The first-order valence-corrected chi connectivity index (χ1v) is 8.91. The highest BCUT2D eigenvalue weighted by Crippen LogP contribution is 2.30. The molecule has 2 heterocycles. The smallest absolute Gasteiger partial charge is 0.308 e. The number of hydrogen-bond donors (Lipinski definition) is 0. The predicted molar refractivity (Wildman–Crippen MR) is 95.2 cm³/mol. The highest BCUT2D eigenvalue weighted by Gasteiger charge is 2.31. The number of piperidine rings is 1. The minimum atomic E-state index is -0.478. The van der Waals surface area contributed by atoms with Crippen LogP contribution in [0.25, 0.3) is 0 Å². The summed E-state index contributed by atoms with van der Waals surface area (Å²) in [6.45, 7) is 2.59. The Morgan fingerprint density at radius 3 is 2.38 bits per heavy atom. The van der Waals surface area contributed by atoms with Crippen LogP contribution in [0.4, 0.5) is 11.4 Å². The third-order valence-electron chi connectivity index (χ3n) is 5.18. The fraction of sp³-hybridized carbons (Fsp3) is 0.556. The molecular weight excluding hydrogens is 338 g/mol. The van der Waals surface area contributed by atoms with E-state index in [1.54, 1.807) is 11.0 Å². The monoisotopic (exact) mass is 361 g/mol. The Morgan fingerprint density at radius 2 is 1.81 bits per heavy atom. The lowest BCUT2D eigenvalue weighted by molar-refractivity contribution is -0.384. The molecule has 1 amide bonds. The maximum absolute atomic E-state index is 13.1. The van der Waals surface area contributed by atoms with Crippen molar-refractivity contribution >= 4 is 23.3 Å². The number of nitrogens with zero attached hydrogens (tertiary/aromatic N) is 3. The second kappa shape index (κ2) is 7.72. The van der Waals surface area contributed by atoms with Crippen molar-refractivity contribution in [1.29, 1.82) is 0 Å². The normalized spacial score (nSPS) is 18.0. The molecule has 0 radical (unpaired) electrons. The molecule has 8 heteroatoms. The number of anilines is 1. The van der Waals surface area contributed by atoms with Gasteiger partial charge < -0.3 is 14.5 Å². The zero-order chi connectivity index (χ0) is 18.7. The van der Waals surface area contributed by atoms with Gasteiger partial charge in [-0.25, -0.2) is 0 Å². The summed E-state index contributed by atoms with van der Waals surface area (Å²) in [4.78, 5) is 39.2. The van der Waals surface area contributed by atoms with Gasteiger partial charge in [0, 0.05) is 38.3 Å². The highest BCUT2D eigenvalue weighted by atomic mass is 16.6. The topological polar surface area (TPSA) is 93.0 Å². The quantitative estimate of drug-likeness (QED) is 0.464. The van der Waals surface area contributed by atoms with E-state index in [0.29, 0.717) is 31.5 Å². The molecule has 0 unspecified atom stereocenters. The maximum atomic E-state index is 13.1. The van der Waals surface area contributed by atoms with E-state index in [1.165, 1.54) is 19.2 Å². The lowest BCUT2D eigenvalue weighted by Gasteiger charge is -2.32. The first-order chi connectivity index (χ1) is 12.5. The van der Waals surface area contributed by atoms with Crippen LogP contribution in [0.2, 0.25) is 0 Å². The van der Waals surface area contributed by atoms with Crippen LogP contribution in [-0.4, -0.2) is 55.0 Å². The van der Waals surface area contributed by atoms with E-state index in [-0.39, 0.29) is 23.5 Å². The van der Waals surface area contributed by atoms with Gasteiger partial charge in [0.2, 0.25) is 0 Å². The van der Waals surface area contributed by atoms with Gasteiger partial charge in [-0.1, -0.05) is 0 Å².